The summed E-state index contributed by atoms with van der Waals surface area (Å²) in [5.74, 6) is 0.142. The molecule has 1 atom stereocenters. The van der Waals surface area contributed by atoms with E-state index in [0.29, 0.717) is 13.1 Å². The monoisotopic (exact) mass is 296 g/mol. The van der Waals surface area contributed by atoms with Crippen LogP contribution in [-0.2, 0) is 14.6 Å². The van der Waals surface area contributed by atoms with E-state index in [1.807, 2.05) is 0 Å². The largest absolute Gasteiger partial charge is 0.339 e. The molecule has 2 saturated heterocycles. The van der Waals surface area contributed by atoms with E-state index in [0.717, 1.165) is 19.4 Å². The van der Waals surface area contributed by atoms with Crippen molar-refractivity contribution in [1.82, 2.24) is 10.2 Å². The highest BCUT2D eigenvalue weighted by molar-refractivity contribution is 7.92. The van der Waals surface area contributed by atoms with E-state index in [1.165, 1.54) is 0 Å². The van der Waals surface area contributed by atoms with Crippen molar-refractivity contribution < 1.29 is 13.2 Å². The molecule has 2 heterocycles. The van der Waals surface area contributed by atoms with E-state index in [1.54, 1.807) is 18.7 Å². The highest BCUT2D eigenvalue weighted by Gasteiger charge is 2.42. The molecule has 0 bridgehead atoms. The Kier molecular flexibility index (Phi) is 4.67. The van der Waals surface area contributed by atoms with Gasteiger partial charge in [0, 0.05) is 13.1 Å². The summed E-state index contributed by atoms with van der Waals surface area (Å²) < 4.78 is 22.9. The molecule has 106 valence electrons. The standard InChI is InChI=1S/C11H20N2O3S.ClH/c1-11(2)8-13(6-7-17(11,15)16)10(14)9-4-3-5-12-9;/h9,12H,3-8H2,1-2H3;1H. The molecule has 0 aromatic rings. The van der Waals surface area contributed by atoms with Gasteiger partial charge in [0.2, 0.25) is 5.91 Å². The van der Waals surface area contributed by atoms with Crippen LogP contribution in [-0.4, -0.2) is 55.4 Å². The zero-order valence-electron chi connectivity index (χ0n) is 10.8. The lowest BCUT2D eigenvalue weighted by atomic mass is 10.1. The minimum Gasteiger partial charge on any atom is -0.339 e. The summed E-state index contributed by atoms with van der Waals surface area (Å²) in [6, 6.07) is -0.105. The van der Waals surface area contributed by atoms with Crippen LogP contribution in [0.2, 0.25) is 0 Å². The summed E-state index contributed by atoms with van der Waals surface area (Å²) in [4.78, 5) is 13.9. The molecule has 0 spiro atoms. The lowest BCUT2D eigenvalue weighted by Gasteiger charge is -2.38. The Balaban J connectivity index is 0.00000162. The first-order chi connectivity index (χ1) is 7.83. The van der Waals surface area contributed by atoms with E-state index in [9.17, 15) is 13.2 Å². The molecule has 1 amide bonds. The van der Waals surface area contributed by atoms with Crippen LogP contribution >= 0.6 is 12.4 Å². The number of halogens is 1. The molecule has 1 unspecified atom stereocenters. The summed E-state index contributed by atoms with van der Waals surface area (Å²) in [5.41, 5.74) is 0. The molecule has 0 radical (unpaired) electrons. The van der Waals surface area contributed by atoms with Crippen molar-refractivity contribution in [2.45, 2.75) is 37.5 Å². The van der Waals surface area contributed by atoms with Gasteiger partial charge in [-0.2, -0.15) is 0 Å². The molecule has 18 heavy (non-hydrogen) atoms. The summed E-state index contributed by atoms with van der Waals surface area (Å²) in [5, 5.41) is 3.16. The SMILES string of the molecule is CC1(C)CN(C(=O)C2CCCN2)CCS1(=O)=O.Cl. The molecular weight excluding hydrogens is 276 g/mol. The van der Waals surface area contributed by atoms with E-state index >= 15 is 0 Å². The van der Waals surface area contributed by atoms with E-state index in [2.05, 4.69) is 5.32 Å². The van der Waals surface area contributed by atoms with Gasteiger partial charge in [0.1, 0.15) is 0 Å². The fourth-order valence-corrected chi connectivity index (χ4v) is 3.81. The number of hydrogen-bond donors (Lipinski definition) is 1. The summed E-state index contributed by atoms with van der Waals surface area (Å²) in [6.45, 7) is 4.93. The van der Waals surface area contributed by atoms with Gasteiger partial charge in [0.15, 0.2) is 9.84 Å². The van der Waals surface area contributed by atoms with Gasteiger partial charge in [-0.25, -0.2) is 8.42 Å². The quantitative estimate of drug-likeness (QED) is 0.750. The van der Waals surface area contributed by atoms with Crippen molar-refractivity contribution in [3.63, 3.8) is 0 Å². The van der Waals surface area contributed by atoms with Gasteiger partial charge in [0.05, 0.1) is 16.5 Å². The minimum absolute atomic E-state index is 0. The van der Waals surface area contributed by atoms with Gasteiger partial charge in [0.25, 0.3) is 0 Å². The Bertz CT molecular complexity index is 416. The molecule has 1 N–H and O–H groups in total. The molecule has 0 saturated carbocycles. The number of nitrogens with one attached hydrogen (secondary N) is 1. The second kappa shape index (κ2) is 5.35. The zero-order valence-corrected chi connectivity index (χ0v) is 12.4. The Hall–Kier alpha value is -0.330. The molecule has 5 nitrogen and oxygen atoms in total. The number of hydrogen-bond acceptors (Lipinski definition) is 4. The Morgan fingerprint density at radius 3 is 2.56 bits per heavy atom. The highest BCUT2D eigenvalue weighted by Crippen LogP contribution is 2.24. The fraction of sp³-hybridized carbons (Fsp3) is 0.909. The van der Waals surface area contributed by atoms with Crippen LogP contribution in [0.25, 0.3) is 0 Å². The maximum absolute atomic E-state index is 12.2. The second-order valence-electron chi connectivity index (χ2n) is 5.49. The number of sulfone groups is 1. The van der Waals surface area contributed by atoms with Crippen LogP contribution in [0.1, 0.15) is 26.7 Å². The van der Waals surface area contributed by atoms with Crippen molar-refractivity contribution in [2.75, 3.05) is 25.4 Å². The fourth-order valence-electron chi connectivity index (χ4n) is 2.45. The van der Waals surface area contributed by atoms with E-state index in [4.69, 9.17) is 0 Å². The Labute approximate surface area is 115 Å². The van der Waals surface area contributed by atoms with Crippen molar-refractivity contribution in [3.8, 4) is 0 Å². The second-order valence-corrected chi connectivity index (χ2v) is 8.23. The number of carbonyl (C=O) groups excluding carboxylic acids is 1. The third kappa shape index (κ3) is 2.81. The molecule has 7 heteroatoms. The van der Waals surface area contributed by atoms with E-state index in [-0.39, 0.29) is 30.1 Å². The normalized spacial score (nSPS) is 29.7. The van der Waals surface area contributed by atoms with Crippen LogP contribution in [0, 0.1) is 0 Å². The predicted molar refractivity (Wildman–Crippen MR) is 72.7 cm³/mol. The smallest absolute Gasteiger partial charge is 0.239 e. The average Bonchev–Trinajstić information content (AvgIpc) is 2.74. The van der Waals surface area contributed by atoms with Crippen LogP contribution < -0.4 is 5.32 Å². The van der Waals surface area contributed by atoms with Crippen LogP contribution in [0.5, 0.6) is 0 Å². The number of nitrogens with zero attached hydrogens (tertiary/aromatic N) is 1. The van der Waals surface area contributed by atoms with Gasteiger partial charge < -0.3 is 10.2 Å². The topological polar surface area (TPSA) is 66.5 Å². The van der Waals surface area contributed by atoms with Crippen LogP contribution in [0.3, 0.4) is 0 Å². The summed E-state index contributed by atoms with van der Waals surface area (Å²) >= 11 is 0. The number of amides is 1. The van der Waals surface area contributed by atoms with Crippen molar-refractivity contribution in [3.05, 3.63) is 0 Å². The third-order valence-electron chi connectivity index (χ3n) is 3.71. The van der Waals surface area contributed by atoms with Crippen molar-refractivity contribution in [1.29, 1.82) is 0 Å². The molecule has 2 aliphatic rings. The first kappa shape index (κ1) is 15.7. The summed E-state index contributed by atoms with van der Waals surface area (Å²) in [6.07, 6.45) is 1.88. The van der Waals surface area contributed by atoms with Gasteiger partial charge in [-0.05, 0) is 33.2 Å². The lowest BCUT2D eigenvalue weighted by Crippen LogP contribution is -2.57. The van der Waals surface area contributed by atoms with Crippen molar-refractivity contribution >= 4 is 28.2 Å². The minimum atomic E-state index is -3.07. The van der Waals surface area contributed by atoms with Gasteiger partial charge in [-0.15, -0.1) is 12.4 Å². The Morgan fingerprint density at radius 2 is 2.06 bits per heavy atom. The molecule has 0 aromatic heterocycles. The lowest BCUT2D eigenvalue weighted by molar-refractivity contribution is -0.133. The average molecular weight is 297 g/mol. The predicted octanol–water partition coefficient (Wildman–Crippen LogP) is 0.196. The summed E-state index contributed by atoms with van der Waals surface area (Å²) in [7, 11) is -3.07. The first-order valence-corrected chi connectivity index (χ1v) is 7.73. The molecule has 0 aromatic carbocycles. The van der Waals surface area contributed by atoms with Crippen LogP contribution in [0.4, 0.5) is 0 Å². The highest BCUT2D eigenvalue weighted by atomic mass is 35.5. The molecular formula is C11H21ClN2O3S. The maximum atomic E-state index is 12.2. The zero-order chi connectivity index (χ0) is 12.7. The number of carbonyl (C=O) groups is 1. The first-order valence-electron chi connectivity index (χ1n) is 6.08. The van der Waals surface area contributed by atoms with Crippen LogP contribution in [0.15, 0.2) is 0 Å². The molecule has 2 rings (SSSR count). The van der Waals surface area contributed by atoms with E-state index < -0.39 is 14.6 Å². The molecule has 0 aliphatic carbocycles. The third-order valence-corrected chi connectivity index (χ3v) is 6.25. The number of rotatable bonds is 1. The van der Waals surface area contributed by atoms with Gasteiger partial charge in [-0.1, -0.05) is 0 Å². The van der Waals surface area contributed by atoms with Gasteiger partial charge >= 0.3 is 0 Å². The van der Waals surface area contributed by atoms with Gasteiger partial charge in [-0.3, -0.25) is 4.79 Å². The maximum Gasteiger partial charge on any atom is 0.239 e. The molecule has 2 aliphatic heterocycles. The van der Waals surface area contributed by atoms with Crippen molar-refractivity contribution in [2.24, 2.45) is 0 Å². The molecule has 2 fully saturated rings. The Morgan fingerprint density at radius 1 is 1.39 bits per heavy atom.